The molecule has 0 fully saturated rings. The van der Waals surface area contributed by atoms with Gasteiger partial charge in [0.25, 0.3) is 5.91 Å². The van der Waals surface area contributed by atoms with Gasteiger partial charge in [0.05, 0.1) is 12.3 Å². The highest BCUT2D eigenvalue weighted by atomic mass is 16.3. The number of amides is 1. The Morgan fingerprint density at radius 3 is 2.91 bits per heavy atom. The molecule has 0 spiro atoms. The van der Waals surface area contributed by atoms with Gasteiger partial charge in [-0.05, 0) is 38.4 Å². The summed E-state index contributed by atoms with van der Waals surface area (Å²) in [7, 11) is 3.90. The standard InChI is InChI=1S/C16H18N4O2/c1-19(2)13(14-6-5-9-22-14)10-17-16(21)12-11-20-8-4-3-7-15(20)18-12/h3-9,11,13H,10H2,1-2H3,(H,17,21)/t13-/m1/s1. The Morgan fingerprint density at radius 2 is 2.23 bits per heavy atom. The van der Waals surface area contributed by atoms with Crippen LogP contribution in [0.25, 0.3) is 5.65 Å². The van der Waals surface area contributed by atoms with Crippen molar-refractivity contribution in [2.24, 2.45) is 0 Å². The summed E-state index contributed by atoms with van der Waals surface area (Å²) in [4.78, 5) is 18.6. The molecular weight excluding hydrogens is 280 g/mol. The zero-order chi connectivity index (χ0) is 15.5. The van der Waals surface area contributed by atoms with Gasteiger partial charge in [0.15, 0.2) is 0 Å². The minimum absolute atomic E-state index is 0.0176. The number of hydrogen-bond donors (Lipinski definition) is 1. The molecule has 0 saturated carbocycles. The molecule has 3 heterocycles. The van der Waals surface area contributed by atoms with Gasteiger partial charge in [0.1, 0.15) is 17.1 Å². The molecule has 6 heteroatoms. The van der Waals surface area contributed by atoms with E-state index in [9.17, 15) is 4.79 Å². The van der Waals surface area contributed by atoms with Crippen LogP contribution in [-0.2, 0) is 0 Å². The molecule has 3 aromatic rings. The number of furan rings is 1. The van der Waals surface area contributed by atoms with E-state index in [1.807, 2.05) is 59.9 Å². The zero-order valence-corrected chi connectivity index (χ0v) is 12.6. The maximum atomic E-state index is 12.3. The first-order chi connectivity index (χ1) is 10.6. The van der Waals surface area contributed by atoms with Crippen molar-refractivity contribution in [3.05, 3.63) is 60.4 Å². The summed E-state index contributed by atoms with van der Waals surface area (Å²) < 4.78 is 7.25. The van der Waals surface area contributed by atoms with E-state index in [4.69, 9.17) is 4.42 Å². The maximum Gasteiger partial charge on any atom is 0.271 e. The Labute approximate surface area is 128 Å². The lowest BCUT2D eigenvalue weighted by molar-refractivity contribution is 0.0934. The number of rotatable bonds is 5. The molecule has 0 radical (unpaired) electrons. The minimum atomic E-state index is -0.192. The molecule has 0 saturated heterocycles. The summed E-state index contributed by atoms with van der Waals surface area (Å²) in [5.41, 5.74) is 1.16. The van der Waals surface area contributed by atoms with E-state index in [0.29, 0.717) is 12.2 Å². The van der Waals surface area contributed by atoms with Crippen molar-refractivity contribution < 1.29 is 9.21 Å². The summed E-state index contributed by atoms with van der Waals surface area (Å²) in [6.07, 6.45) is 5.22. The fourth-order valence-corrected chi connectivity index (χ4v) is 2.34. The number of aromatic nitrogens is 2. The van der Waals surface area contributed by atoms with Crippen molar-refractivity contribution in [2.45, 2.75) is 6.04 Å². The number of pyridine rings is 1. The fourth-order valence-electron chi connectivity index (χ4n) is 2.34. The van der Waals surface area contributed by atoms with Crippen LogP contribution in [0.2, 0.25) is 0 Å². The molecule has 0 unspecified atom stereocenters. The van der Waals surface area contributed by atoms with Crippen LogP contribution in [0.5, 0.6) is 0 Å². The predicted molar refractivity (Wildman–Crippen MR) is 82.7 cm³/mol. The summed E-state index contributed by atoms with van der Waals surface area (Å²) >= 11 is 0. The Bertz CT molecular complexity index is 728. The van der Waals surface area contributed by atoms with Gasteiger partial charge < -0.3 is 14.1 Å². The Balaban J connectivity index is 1.71. The highest BCUT2D eigenvalue weighted by molar-refractivity contribution is 5.92. The lowest BCUT2D eigenvalue weighted by atomic mass is 10.2. The Morgan fingerprint density at radius 1 is 1.36 bits per heavy atom. The van der Waals surface area contributed by atoms with Crippen molar-refractivity contribution in [3.8, 4) is 0 Å². The monoisotopic (exact) mass is 298 g/mol. The smallest absolute Gasteiger partial charge is 0.271 e. The van der Waals surface area contributed by atoms with Gasteiger partial charge in [-0.3, -0.25) is 9.69 Å². The van der Waals surface area contributed by atoms with Crippen LogP contribution in [0.3, 0.4) is 0 Å². The predicted octanol–water partition coefficient (Wildman–Crippen LogP) is 1.96. The summed E-state index contributed by atoms with van der Waals surface area (Å²) in [6.45, 7) is 0.452. The minimum Gasteiger partial charge on any atom is -0.468 e. The highest BCUT2D eigenvalue weighted by Crippen LogP contribution is 2.17. The van der Waals surface area contributed by atoms with Crippen LogP contribution >= 0.6 is 0 Å². The second-order valence-corrected chi connectivity index (χ2v) is 5.30. The molecule has 0 aliphatic rings. The van der Waals surface area contributed by atoms with Crippen molar-refractivity contribution >= 4 is 11.6 Å². The topological polar surface area (TPSA) is 62.8 Å². The third-order valence-electron chi connectivity index (χ3n) is 3.55. The van der Waals surface area contributed by atoms with Crippen LogP contribution in [0.4, 0.5) is 0 Å². The van der Waals surface area contributed by atoms with Crippen molar-refractivity contribution in [3.63, 3.8) is 0 Å². The van der Waals surface area contributed by atoms with E-state index in [-0.39, 0.29) is 11.9 Å². The van der Waals surface area contributed by atoms with Crippen molar-refractivity contribution in [2.75, 3.05) is 20.6 Å². The lowest BCUT2D eigenvalue weighted by Crippen LogP contribution is -2.34. The lowest BCUT2D eigenvalue weighted by Gasteiger charge is -2.22. The number of carbonyl (C=O) groups excluding carboxylic acids is 1. The maximum absolute atomic E-state index is 12.3. The van der Waals surface area contributed by atoms with Gasteiger partial charge in [-0.1, -0.05) is 6.07 Å². The van der Waals surface area contributed by atoms with E-state index in [2.05, 4.69) is 10.3 Å². The molecule has 0 bridgehead atoms. The van der Waals surface area contributed by atoms with Gasteiger partial charge in [0.2, 0.25) is 0 Å². The second kappa shape index (κ2) is 6.03. The van der Waals surface area contributed by atoms with Crippen molar-refractivity contribution in [1.29, 1.82) is 0 Å². The SMILES string of the molecule is CN(C)[C@H](CNC(=O)c1cn2ccccc2n1)c1ccco1. The molecule has 114 valence electrons. The van der Waals surface area contributed by atoms with Crippen LogP contribution in [0.1, 0.15) is 22.3 Å². The number of hydrogen-bond acceptors (Lipinski definition) is 4. The number of likely N-dealkylation sites (N-methyl/N-ethyl adjacent to an activating group) is 1. The van der Waals surface area contributed by atoms with Gasteiger partial charge in [-0.15, -0.1) is 0 Å². The van der Waals surface area contributed by atoms with E-state index < -0.39 is 0 Å². The van der Waals surface area contributed by atoms with E-state index in [1.54, 1.807) is 12.5 Å². The first-order valence-corrected chi connectivity index (χ1v) is 7.07. The average Bonchev–Trinajstić information content (AvgIpc) is 3.16. The van der Waals surface area contributed by atoms with Gasteiger partial charge >= 0.3 is 0 Å². The van der Waals surface area contributed by atoms with Gasteiger partial charge in [-0.2, -0.15) is 0 Å². The summed E-state index contributed by atoms with van der Waals surface area (Å²) in [5, 5.41) is 2.91. The van der Waals surface area contributed by atoms with Crippen molar-refractivity contribution in [1.82, 2.24) is 19.6 Å². The molecule has 22 heavy (non-hydrogen) atoms. The molecule has 0 aliphatic heterocycles. The number of fused-ring (bicyclic) bond motifs is 1. The molecule has 3 rings (SSSR count). The molecular formula is C16H18N4O2. The third kappa shape index (κ3) is 2.87. The van der Waals surface area contributed by atoms with E-state index in [0.717, 1.165) is 11.4 Å². The summed E-state index contributed by atoms with van der Waals surface area (Å²) in [5.74, 6) is 0.627. The van der Waals surface area contributed by atoms with E-state index >= 15 is 0 Å². The third-order valence-corrected chi connectivity index (χ3v) is 3.55. The zero-order valence-electron chi connectivity index (χ0n) is 12.6. The van der Waals surface area contributed by atoms with Crippen LogP contribution < -0.4 is 5.32 Å². The molecule has 0 aliphatic carbocycles. The first kappa shape index (κ1) is 14.3. The molecule has 1 amide bonds. The highest BCUT2D eigenvalue weighted by Gasteiger charge is 2.19. The number of carbonyl (C=O) groups is 1. The number of nitrogens with zero attached hydrogens (tertiary/aromatic N) is 3. The Kier molecular flexibility index (Phi) is 3.93. The fraction of sp³-hybridized carbons (Fsp3) is 0.250. The van der Waals surface area contributed by atoms with Gasteiger partial charge in [-0.25, -0.2) is 4.98 Å². The van der Waals surface area contributed by atoms with Gasteiger partial charge in [0, 0.05) is 18.9 Å². The van der Waals surface area contributed by atoms with Crippen LogP contribution in [-0.4, -0.2) is 40.8 Å². The number of nitrogens with one attached hydrogen (secondary N) is 1. The number of imidazole rings is 1. The molecule has 1 N–H and O–H groups in total. The molecule has 6 nitrogen and oxygen atoms in total. The molecule has 0 aromatic carbocycles. The molecule has 3 aromatic heterocycles. The van der Waals surface area contributed by atoms with Crippen LogP contribution in [0, 0.1) is 0 Å². The second-order valence-electron chi connectivity index (χ2n) is 5.30. The largest absolute Gasteiger partial charge is 0.468 e. The van der Waals surface area contributed by atoms with Crippen LogP contribution in [0.15, 0.2) is 53.4 Å². The quantitative estimate of drug-likeness (QED) is 0.782. The Hall–Kier alpha value is -2.60. The molecule has 1 atom stereocenters. The van der Waals surface area contributed by atoms with E-state index in [1.165, 1.54) is 0 Å². The normalized spacial score (nSPS) is 12.7. The summed E-state index contributed by atoms with van der Waals surface area (Å²) in [6, 6.07) is 9.38. The average molecular weight is 298 g/mol. The first-order valence-electron chi connectivity index (χ1n) is 7.07.